The Labute approximate surface area is 327 Å². The Morgan fingerprint density at radius 2 is 1.45 bits per heavy atom. The van der Waals surface area contributed by atoms with Crippen molar-refractivity contribution in [2.75, 3.05) is 27.3 Å². The SMILES string of the molecule is COC(=O)N[C@H](C(=O)N1CCCC1n1cc(-c2cn3cc(-c4ccc(-c5cnc([C@@H]6CCCN6C(=O)[C@@H](NC(=O)OC)C(C)C)[nH]5)cc4)sc3n2)nn1)C(C)C. The lowest BCUT2D eigenvalue weighted by atomic mass is 10.0. The Kier molecular flexibility index (Phi) is 11.1. The largest absolute Gasteiger partial charge is 0.453 e. The first-order chi connectivity index (χ1) is 26.9. The number of benzene rings is 1. The summed E-state index contributed by atoms with van der Waals surface area (Å²) in [6.07, 6.45) is 9.11. The number of methoxy groups -OCH3 is 2. The van der Waals surface area contributed by atoms with Crippen LogP contribution in [0.25, 0.3) is 38.0 Å². The molecular weight excluding hydrogens is 739 g/mol. The van der Waals surface area contributed by atoms with E-state index < -0.39 is 24.3 Å². The van der Waals surface area contributed by atoms with Crippen LogP contribution in [0.4, 0.5) is 9.59 Å². The van der Waals surface area contributed by atoms with E-state index in [2.05, 4.69) is 43.0 Å². The minimum absolute atomic E-state index is 0.109. The summed E-state index contributed by atoms with van der Waals surface area (Å²) in [6, 6.07) is 6.57. The lowest BCUT2D eigenvalue weighted by Crippen LogP contribution is -2.51. The second-order valence-corrected chi connectivity index (χ2v) is 15.8. The molecule has 4 aromatic heterocycles. The summed E-state index contributed by atoms with van der Waals surface area (Å²) in [7, 11) is 2.56. The zero-order valence-electron chi connectivity index (χ0n) is 32.3. The maximum atomic E-state index is 13.5. The molecule has 18 heteroatoms. The van der Waals surface area contributed by atoms with Crippen LogP contribution in [-0.2, 0) is 19.1 Å². The zero-order chi connectivity index (χ0) is 39.7. The van der Waals surface area contributed by atoms with E-state index in [0.717, 1.165) is 52.3 Å². The summed E-state index contributed by atoms with van der Waals surface area (Å²) >= 11 is 1.56. The summed E-state index contributed by atoms with van der Waals surface area (Å²) in [5, 5.41) is 14.1. The lowest BCUT2D eigenvalue weighted by molar-refractivity contribution is -0.137. The summed E-state index contributed by atoms with van der Waals surface area (Å²) in [6.45, 7) is 8.70. The van der Waals surface area contributed by atoms with E-state index >= 15 is 0 Å². The number of carbonyl (C=O) groups is 4. The van der Waals surface area contributed by atoms with E-state index in [0.29, 0.717) is 30.3 Å². The topological polar surface area (TPSA) is 194 Å². The lowest BCUT2D eigenvalue weighted by Gasteiger charge is -2.30. The highest BCUT2D eigenvalue weighted by Crippen LogP contribution is 2.35. The van der Waals surface area contributed by atoms with Crippen molar-refractivity contribution in [1.29, 1.82) is 0 Å². The molecule has 5 aromatic rings. The molecule has 2 aliphatic rings. The van der Waals surface area contributed by atoms with Gasteiger partial charge in [-0.2, -0.15) is 0 Å². The van der Waals surface area contributed by atoms with Gasteiger partial charge in [-0.1, -0.05) is 68.5 Å². The van der Waals surface area contributed by atoms with E-state index in [1.54, 1.807) is 32.0 Å². The predicted octanol–water partition coefficient (Wildman–Crippen LogP) is 5.26. The molecule has 56 heavy (non-hydrogen) atoms. The number of hydrogen-bond donors (Lipinski definition) is 3. The van der Waals surface area contributed by atoms with Crippen molar-refractivity contribution >= 4 is 40.3 Å². The number of hydrogen-bond acceptors (Lipinski definition) is 11. The third kappa shape index (κ3) is 7.69. The van der Waals surface area contributed by atoms with Gasteiger partial charge in [0, 0.05) is 25.5 Å². The maximum absolute atomic E-state index is 13.5. The number of aromatic amines is 1. The van der Waals surface area contributed by atoms with Crippen molar-refractivity contribution in [1.82, 2.24) is 54.8 Å². The minimum Gasteiger partial charge on any atom is -0.453 e. The first kappa shape index (κ1) is 38.5. The molecule has 296 valence electrons. The number of carbonyl (C=O) groups excluding carboxylic acids is 4. The van der Waals surface area contributed by atoms with Gasteiger partial charge < -0.3 is 34.9 Å². The third-order valence-corrected chi connectivity index (χ3v) is 11.5. The van der Waals surface area contributed by atoms with Crippen LogP contribution >= 0.6 is 11.3 Å². The smallest absolute Gasteiger partial charge is 0.407 e. The van der Waals surface area contributed by atoms with Gasteiger partial charge in [-0.3, -0.25) is 14.0 Å². The van der Waals surface area contributed by atoms with Crippen molar-refractivity contribution in [3.05, 3.63) is 54.9 Å². The second-order valence-electron chi connectivity index (χ2n) is 14.8. The fourth-order valence-electron chi connectivity index (χ4n) is 7.41. The average molecular weight is 786 g/mol. The first-order valence-corrected chi connectivity index (χ1v) is 19.6. The van der Waals surface area contributed by atoms with Crippen LogP contribution in [-0.4, -0.2) is 108 Å². The molecule has 0 bridgehead atoms. The number of likely N-dealkylation sites (tertiary alicyclic amines) is 2. The normalized spacial score (nSPS) is 18.1. The Morgan fingerprint density at radius 1 is 0.821 bits per heavy atom. The summed E-state index contributed by atoms with van der Waals surface area (Å²) in [5.74, 6) is 0.150. The van der Waals surface area contributed by atoms with Crippen molar-refractivity contribution in [3.63, 3.8) is 0 Å². The number of ether oxygens (including phenoxy) is 2. The Bertz CT molecular complexity index is 2170. The Morgan fingerprint density at radius 3 is 2.09 bits per heavy atom. The number of thiazole rings is 1. The average Bonchev–Trinajstić information content (AvgIpc) is 4.04. The van der Waals surface area contributed by atoms with Crippen LogP contribution in [0.15, 0.2) is 49.1 Å². The van der Waals surface area contributed by atoms with Crippen LogP contribution in [0, 0.1) is 11.8 Å². The van der Waals surface area contributed by atoms with Gasteiger partial charge in [0.05, 0.1) is 43.2 Å². The number of amides is 4. The number of alkyl carbamates (subject to hydrolysis) is 2. The molecule has 1 unspecified atom stereocenters. The van der Waals surface area contributed by atoms with Gasteiger partial charge in [0.15, 0.2) is 4.96 Å². The van der Waals surface area contributed by atoms with Crippen molar-refractivity contribution in [2.45, 2.75) is 77.7 Å². The van der Waals surface area contributed by atoms with Gasteiger partial charge in [0.1, 0.15) is 35.5 Å². The number of aromatic nitrogens is 7. The molecule has 4 amide bonds. The van der Waals surface area contributed by atoms with Gasteiger partial charge in [0.2, 0.25) is 11.8 Å². The first-order valence-electron chi connectivity index (χ1n) is 18.8. The number of imidazole rings is 2. The van der Waals surface area contributed by atoms with E-state index in [-0.39, 0.29) is 35.9 Å². The molecular formula is C38H47N11O6S. The number of fused-ring (bicyclic) bond motifs is 1. The molecule has 0 aliphatic carbocycles. The molecule has 2 aliphatic heterocycles. The van der Waals surface area contributed by atoms with Crippen molar-refractivity contribution in [2.24, 2.45) is 11.8 Å². The van der Waals surface area contributed by atoms with E-state index in [1.807, 2.05) is 62.8 Å². The van der Waals surface area contributed by atoms with Gasteiger partial charge in [-0.15, -0.1) is 5.10 Å². The Balaban J connectivity index is 1.02. The quantitative estimate of drug-likeness (QED) is 0.159. The zero-order valence-corrected chi connectivity index (χ0v) is 33.1. The van der Waals surface area contributed by atoms with Crippen LogP contribution in [0.1, 0.15) is 71.4 Å². The van der Waals surface area contributed by atoms with E-state index in [4.69, 9.17) is 14.5 Å². The monoisotopic (exact) mass is 785 g/mol. The van der Waals surface area contributed by atoms with Crippen LogP contribution < -0.4 is 10.6 Å². The van der Waals surface area contributed by atoms with Crippen LogP contribution in [0.3, 0.4) is 0 Å². The van der Waals surface area contributed by atoms with Gasteiger partial charge in [0.25, 0.3) is 0 Å². The number of H-pyrrole nitrogens is 1. The number of rotatable bonds is 11. The number of nitrogens with zero attached hydrogens (tertiary/aromatic N) is 8. The summed E-state index contributed by atoms with van der Waals surface area (Å²) in [5.41, 5.74) is 4.12. The van der Waals surface area contributed by atoms with Crippen LogP contribution in [0.2, 0.25) is 0 Å². The van der Waals surface area contributed by atoms with Crippen molar-refractivity contribution in [3.8, 4) is 33.1 Å². The Hall–Kier alpha value is -5.78. The van der Waals surface area contributed by atoms with Gasteiger partial charge >= 0.3 is 12.2 Å². The third-order valence-electron chi connectivity index (χ3n) is 10.4. The molecule has 17 nitrogen and oxygen atoms in total. The molecule has 2 fully saturated rings. The highest BCUT2D eigenvalue weighted by molar-refractivity contribution is 7.20. The summed E-state index contributed by atoms with van der Waals surface area (Å²) in [4.78, 5) is 69.3. The predicted molar refractivity (Wildman–Crippen MR) is 207 cm³/mol. The highest BCUT2D eigenvalue weighted by Gasteiger charge is 2.39. The highest BCUT2D eigenvalue weighted by atomic mass is 32.1. The molecule has 1 aromatic carbocycles. The molecule has 2 saturated heterocycles. The maximum Gasteiger partial charge on any atom is 0.407 e. The molecule has 0 radical (unpaired) electrons. The minimum atomic E-state index is -0.718. The van der Waals surface area contributed by atoms with Crippen molar-refractivity contribution < 1.29 is 28.7 Å². The molecule has 7 rings (SSSR count). The fourth-order valence-corrected chi connectivity index (χ4v) is 8.38. The molecule has 0 saturated carbocycles. The van der Waals surface area contributed by atoms with E-state index in [1.165, 1.54) is 14.2 Å². The second kappa shape index (κ2) is 16.1. The van der Waals surface area contributed by atoms with Gasteiger partial charge in [-0.05, 0) is 48.6 Å². The standard InChI is InChI=1S/C38H47N11O6S/c1-21(2)31(42-37(52)54-5)34(50)47-15-7-9-28(47)33-39-17-25(40-33)23-11-13-24(14-12-23)29-20-46-18-26(41-36(46)56-29)27-19-49(45-44-27)30-10-8-16-48(30)35(51)32(22(3)4)43-38(53)55-6/h11-14,17-22,28,30-32H,7-10,15-16H2,1-6H3,(H,39,40)(H,42,52)(H,43,53)/t28-,30?,31-,32-/m0/s1. The fraction of sp³-hybridized carbons (Fsp3) is 0.474. The summed E-state index contributed by atoms with van der Waals surface area (Å²) < 4.78 is 13.2. The molecule has 6 heterocycles. The van der Waals surface area contributed by atoms with Gasteiger partial charge in [-0.25, -0.2) is 24.2 Å². The number of nitrogens with one attached hydrogen (secondary N) is 3. The molecule has 3 N–H and O–H groups in total. The molecule has 4 atom stereocenters. The van der Waals surface area contributed by atoms with Crippen LogP contribution in [0.5, 0.6) is 0 Å². The van der Waals surface area contributed by atoms with E-state index in [9.17, 15) is 19.2 Å². The molecule has 0 spiro atoms.